The number of carbonyl (C=O) groups excluding carboxylic acids is 1. The van der Waals surface area contributed by atoms with Gasteiger partial charge in [-0.15, -0.1) is 0 Å². The molecule has 2 aromatic carbocycles. The molecule has 19 heavy (non-hydrogen) atoms. The van der Waals surface area contributed by atoms with Crippen molar-refractivity contribution in [1.29, 1.82) is 0 Å². The molecule has 1 atom stereocenters. The van der Waals surface area contributed by atoms with Crippen molar-refractivity contribution in [2.75, 3.05) is 0 Å². The molecule has 0 spiro atoms. The van der Waals surface area contributed by atoms with Gasteiger partial charge in [-0.05, 0) is 19.1 Å². The highest BCUT2D eigenvalue weighted by molar-refractivity contribution is 6.00. The summed E-state index contributed by atoms with van der Waals surface area (Å²) < 4.78 is 5.75. The predicted molar refractivity (Wildman–Crippen MR) is 75.4 cm³/mol. The molecule has 0 N–H and O–H groups in total. The summed E-state index contributed by atoms with van der Waals surface area (Å²) in [5.41, 5.74) is 1.54. The Bertz CT molecular complexity index is 677. The molecule has 0 aliphatic rings. The van der Waals surface area contributed by atoms with E-state index < -0.39 is 0 Å². The van der Waals surface area contributed by atoms with Crippen molar-refractivity contribution in [3.05, 3.63) is 72.0 Å². The van der Waals surface area contributed by atoms with Crippen LogP contribution in [0.4, 0.5) is 0 Å². The molecule has 94 valence electrons. The topological polar surface area (TPSA) is 30.2 Å². The van der Waals surface area contributed by atoms with Crippen LogP contribution < -0.4 is 0 Å². The van der Waals surface area contributed by atoms with Crippen molar-refractivity contribution in [1.82, 2.24) is 0 Å². The zero-order valence-corrected chi connectivity index (χ0v) is 10.7. The first-order chi connectivity index (χ1) is 9.25. The second-order valence-corrected chi connectivity index (χ2v) is 4.64. The van der Waals surface area contributed by atoms with Crippen LogP contribution in [-0.2, 0) is 0 Å². The number of furan rings is 1. The molecule has 1 aromatic heterocycles. The van der Waals surface area contributed by atoms with Gasteiger partial charge in [-0.1, -0.05) is 48.5 Å². The molecule has 0 amide bonds. The van der Waals surface area contributed by atoms with Gasteiger partial charge < -0.3 is 4.42 Å². The van der Waals surface area contributed by atoms with Crippen LogP contribution in [0.1, 0.15) is 29.0 Å². The van der Waals surface area contributed by atoms with Crippen LogP contribution in [0.15, 0.2) is 65.1 Å². The molecule has 2 heteroatoms. The number of hydrogen-bond acceptors (Lipinski definition) is 2. The third-order valence-corrected chi connectivity index (χ3v) is 3.32. The lowest BCUT2D eigenvalue weighted by Crippen LogP contribution is -2.08. The average Bonchev–Trinajstić information content (AvgIpc) is 2.90. The second kappa shape index (κ2) is 4.73. The van der Waals surface area contributed by atoms with Gasteiger partial charge in [-0.3, -0.25) is 4.79 Å². The first kappa shape index (κ1) is 11.7. The lowest BCUT2D eigenvalue weighted by Gasteiger charge is -2.07. The highest BCUT2D eigenvalue weighted by Gasteiger charge is 2.20. The second-order valence-electron chi connectivity index (χ2n) is 4.64. The van der Waals surface area contributed by atoms with E-state index in [9.17, 15) is 4.79 Å². The van der Waals surface area contributed by atoms with Crippen LogP contribution in [0, 0.1) is 0 Å². The van der Waals surface area contributed by atoms with Gasteiger partial charge in [0.25, 0.3) is 0 Å². The van der Waals surface area contributed by atoms with Crippen LogP contribution in [0.25, 0.3) is 11.0 Å². The van der Waals surface area contributed by atoms with Crippen LogP contribution >= 0.6 is 0 Å². The number of rotatable bonds is 3. The maximum absolute atomic E-state index is 12.4. The molecule has 0 fully saturated rings. The normalized spacial score (nSPS) is 12.5. The summed E-state index contributed by atoms with van der Waals surface area (Å²) in [7, 11) is 0. The minimum Gasteiger partial charge on any atom is -0.460 e. The fourth-order valence-electron chi connectivity index (χ4n) is 2.20. The van der Waals surface area contributed by atoms with Crippen molar-refractivity contribution in [2.24, 2.45) is 0 Å². The summed E-state index contributed by atoms with van der Waals surface area (Å²) in [6, 6.07) is 19.1. The fraction of sp³-hybridized carbons (Fsp3) is 0.118. The smallest absolute Gasteiger partial charge is 0.173 e. The number of ketones is 1. The van der Waals surface area contributed by atoms with E-state index in [0.29, 0.717) is 0 Å². The van der Waals surface area contributed by atoms with Gasteiger partial charge in [0.2, 0.25) is 0 Å². The van der Waals surface area contributed by atoms with Crippen LogP contribution in [0.3, 0.4) is 0 Å². The Balaban J connectivity index is 1.95. The quantitative estimate of drug-likeness (QED) is 0.644. The number of benzene rings is 2. The Kier molecular flexibility index (Phi) is 2.92. The van der Waals surface area contributed by atoms with Crippen LogP contribution in [-0.4, -0.2) is 5.78 Å². The summed E-state index contributed by atoms with van der Waals surface area (Å²) in [6.07, 6.45) is 0. The Morgan fingerprint density at radius 3 is 2.42 bits per heavy atom. The molecule has 0 aliphatic heterocycles. The SMILES string of the molecule is CC(C(=O)c1ccccc1)c1cc2ccccc2o1. The van der Waals surface area contributed by atoms with Crippen molar-refractivity contribution >= 4 is 16.8 Å². The van der Waals surface area contributed by atoms with E-state index in [1.807, 2.05) is 67.6 Å². The molecule has 3 aromatic rings. The molecule has 1 heterocycles. The number of Topliss-reactive ketones (excluding diaryl/α,β-unsaturated/α-hetero) is 1. The van der Waals surface area contributed by atoms with Crippen molar-refractivity contribution in [2.45, 2.75) is 12.8 Å². The molecule has 0 bridgehead atoms. The van der Waals surface area contributed by atoms with E-state index in [1.54, 1.807) is 0 Å². The number of para-hydroxylation sites is 1. The Labute approximate surface area is 111 Å². The summed E-state index contributed by atoms with van der Waals surface area (Å²) in [6.45, 7) is 1.88. The Hall–Kier alpha value is -2.35. The van der Waals surface area contributed by atoms with Gasteiger partial charge in [0.05, 0.1) is 5.92 Å². The molecule has 3 rings (SSSR count). The lowest BCUT2D eigenvalue weighted by atomic mass is 9.97. The lowest BCUT2D eigenvalue weighted by molar-refractivity contribution is 0.0958. The third-order valence-electron chi connectivity index (χ3n) is 3.32. The minimum atomic E-state index is -0.269. The maximum Gasteiger partial charge on any atom is 0.173 e. The largest absolute Gasteiger partial charge is 0.460 e. The average molecular weight is 250 g/mol. The zero-order chi connectivity index (χ0) is 13.2. The molecule has 0 saturated heterocycles. The van der Waals surface area contributed by atoms with E-state index in [1.165, 1.54) is 0 Å². The molecular weight excluding hydrogens is 236 g/mol. The summed E-state index contributed by atoms with van der Waals surface area (Å²) in [5.74, 6) is 0.532. The van der Waals surface area contributed by atoms with E-state index >= 15 is 0 Å². The Morgan fingerprint density at radius 2 is 1.68 bits per heavy atom. The van der Waals surface area contributed by atoms with E-state index in [4.69, 9.17) is 4.42 Å². The predicted octanol–water partition coefficient (Wildman–Crippen LogP) is 4.42. The Morgan fingerprint density at radius 1 is 1.00 bits per heavy atom. The number of fused-ring (bicyclic) bond motifs is 1. The standard InChI is InChI=1S/C17H14O2/c1-12(17(18)13-7-3-2-4-8-13)16-11-14-9-5-6-10-15(14)19-16/h2-12H,1H3. The molecule has 0 radical (unpaired) electrons. The zero-order valence-electron chi connectivity index (χ0n) is 10.7. The highest BCUT2D eigenvalue weighted by atomic mass is 16.3. The van der Waals surface area contributed by atoms with Crippen molar-refractivity contribution < 1.29 is 9.21 Å². The van der Waals surface area contributed by atoms with Gasteiger partial charge in [0.15, 0.2) is 5.78 Å². The summed E-state index contributed by atoms with van der Waals surface area (Å²) in [4.78, 5) is 12.4. The highest BCUT2D eigenvalue weighted by Crippen LogP contribution is 2.27. The fourth-order valence-corrected chi connectivity index (χ4v) is 2.20. The van der Waals surface area contributed by atoms with Crippen LogP contribution in [0.2, 0.25) is 0 Å². The third kappa shape index (κ3) is 2.17. The van der Waals surface area contributed by atoms with Crippen molar-refractivity contribution in [3.8, 4) is 0 Å². The molecular formula is C17H14O2. The number of hydrogen-bond donors (Lipinski definition) is 0. The molecule has 1 unspecified atom stereocenters. The monoisotopic (exact) mass is 250 g/mol. The van der Waals surface area contributed by atoms with E-state index in [0.717, 1.165) is 22.3 Å². The first-order valence-electron chi connectivity index (χ1n) is 6.33. The van der Waals surface area contributed by atoms with E-state index in [-0.39, 0.29) is 11.7 Å². The maximum atomic E-state index is 12.4. The molecule has 0 aliphatic carbocycles. The first-order valence-corrected chi connectivity index (χ1v) is 6.33. The van der Waals surface area contributed by atoms with Gasteiger partial charge in [0, 0.05) is 10.9 Å². The summed E-state index contributed by atoms with van der Waals surface area (Å²) >= 11 is 0. The van der Waals surface area contributed by atoms with Gasteiger partial charge in [0.1, 0.15) is 11.3 Å². The minimum absolute atomic E-state index is 0.0830. The van der Waals surface area contributed by atoms with Gasteiger partial charge in [-0.25, -0.2) is 0 Å². The van der Waals surface area contributed by atoms with Crippen LogP contribution in [0.5, 0.6) is 0 Å². The van der Waals surface area contributed by atoms with Gasteiger partial charge >= 0.3 is 0 Å². The van der Waals surface area contributed by atoms with Gasteiger partial charge in [-0.2, -0.15) is 0 Å². The number of carbonyl (C=O) groups is 1. The van der Waals surface area contributed by atoms with Crippen molar-refractivity contribution in [3.63, 3.8) is 0 Å². The molecule has 2 nitrogen and oxygen atoms in total. The summed E-state index contributed by atoms with van der Waals surface area (Å²) in [5, 5.41) is 1.03. The molecule has 0 saturated carbocycles. The van der Waals surface area contributed by atoms with E-state index in [2.05, 4.69) is 0 Å².